The Hall–Kier alpha value is -1.88. The monoisotopic (exact) mass is 291 g/mol. The van der Waals surface area contributed by atoms with Gasteiger partial charge in [0.2, 0.25) is 5.91 Å². The summed E-state index contributed by atoms with van der Waals surface area (Å²) in [6.45, 7) is 3.64. The maximum absolute atomic E-state index is 12.0. The average molecular weight is 291 g/mol. The minimum Gasteiger partial charge on any atom is -0.468 e. The molecule has 0 saturated heterocycles. The van der Waals surface area contributed by atoms with Gasteiger partial charge in [0.25, 0.3) is 0 Å². The van der Waals surface area contributed by atoms with Crippen molar-refractivity contribution in [2.45, 2.75) is 24.8 Å². The fourth-order valence-electron chi connectivity index (χ4n) is 1.91. The van der Waals surface area contributed by atoms with Gasteiger partial charge in [-0.2, -0.15) is 0 Å². The molecule has 4 nitrogen and oxygen atoms in total. The van der Waals surface area contributed by atoms with Crippen LogP contribution in [0, 0.1) is 6.92 Å². The van der Waals surface area contributed by atoms with Gasteiger partial charge in [-0.3, -0.25) is 9.00 Å². The number of hydrogen-bond donors (Lipinski definition) is 1. The second kappa shape index (κ2) is 6.52. The predicted molar refractivity (Wildman–Crippen MR) is 77.7 cm³/mol. The molecule has 0 radical (unpaired) electrons. The van der Waals surface area contributed by atoms with Crippen LogP contribution in [0.2, 0.25) is 0 Å². The van der Waals surface area contributed by atoms with Gasteiger partial charge in [0.05, 0.1) is 28.0 Å². The number of carbonyl (C=O) groups excluding carboxylic acids is 1. The van der Waals surface area contributed by atoms with Gasteiger partial charge in [-0.25, -0.2) is 0 Å². The Labute approximate surface area is 120 Å². The van der Waals surface area contributed by atoms with E-state index in [1.165, 1.54) is 6.26 Å². The minimum absolute atomic E-state index is 0.0580. The van der Waals surface area contributed by atoms with Crippen LogP contribution in [-0.2, 0) is 15.6 Å². The maximum Gasteiger partial charge on any atom is 0.233 e. The quantitative estimate of drug-likeness (QED) is 0.921. The molecule has 20 heavy (non-hydrogen) atoms. The standard InChI is InChI=1S/C15H17NO3S/c1-11(13-6-4-3-5-7-13)16-15(17)10-20(18)14-8-9-19-12(14)2/h3-9,11H,10H2,1-2H3,(H,16,17)/t11-,20+/m1/s1. The van der Waals surface area contributed by atoms with Crippen LogP contribution in [0.1, 0.15) is 24.3 Å². The number of furan rings is 1. The summed E-state index contributed by atoms with van der Waals surface area (Å²) < 4.78 is 17.1. The van der Waals surface area contributed by atoms with Gasteiger partial charge < -0.3 is 9.73 Å². The number of nitrogens with one attached hydrogen (secondary N) is 1. The highest BCUT2D eigenvalue weighted by Crippen LogP contribution is 2.15. The Bertz CT molecular complexity index is 607. The molecule has 1 amide bonds. The lowest BCUT2D eigenvalue weighted by molar-refractivity contribution is -0.119. The fourth-order valence-corrected chi connectivity index (χ4v) is 2.97. The molecule has 1 N–H and O–H groups in total. The van der Waals surface area contributed by atoms with Gasteiger partial charge in [0.1, 0.15) is 11.5 Å². The topological polar surface area (TPSA) is 59.3 Å². The summed E-state index contributed by atoms with van der Waals surface area (Å²) in [5.41, 5.74) is 1.02. The molecule has 1 heterocycles. The molecule has 0 aliphatic carbocycles. The van der Waals surface area contributed by atoms with Crippen molar-refractivity contribution in [1.82, 2.24) is 5.32 Å². The Morgan fingerprint density at radius 3 is 2.60 bits per heavy atom. The van der Waals surface area contributed by atoms with E-state index >= 15 is 0 Å². The van der Waals surface area contributed by atoms with Crippen LogP contribution in [-0.4, -0.2) is 15.9 Å². The maximum atomic E-state index is 12.0. The van der Waals surface area contributed by atoms with Gasteiger partial charge in [-0.15, -0.1) is 0 Å². The number of carbonyl (C=O) groups is 1. The van der Waals surface area contributed by atoms with E-state index in [4.69, 9.17) is 4.42 Å². The van der Waals surface area contributed by atoms with Crippen LogP contribution < -0.4 is 5.32 Å². The Balaban J connectivity index is 1.93. The molecule has 0 bridgehead atoms. The van der Waals surface area contributed by atoms with E-state index in [1.54, 1.807) is 13.0 Å². The minimum atomic E-state index is -1.37. The van der Waals surface area contributed by atoms with Crippen molar-refractivity contribution < 1.29 is 13.4 Å². The van der Waals surface area contributed by atoms with Crippen LogP contribution in [0.4, 0.5) is 0 Å². The molecule has 0 unspecified atom stereocenters. The zero-order valence-electron chi connectivity index (χ0n) is 11.5. The summed E-state index contributed by atoms with van der Waals surface area (Å²) >= 11 is 0. The molecule has 1 aromatic heterocycles. The molecule has 2 atom stereocenters. The predicted octanol–water partition coefficient (Wildman–Crippen LogP) is 2.57. The molecular formula is C15H17NO3S. The highest BCUT2D eigenvalue weighted by atomic mass is 32.2. The normalized spacial score (nSPS) is 13.7. The summed E-state index contributed by atoms with van der Waals surface area (Å²) in [5.74, 6) is 0.296. The first-order valence-corrected chi connectivity index (χ1v) is 7.66. The van der Waals surface area contributed by atoms with Gasteiger partial charge in [-0.1, -0.05) is 30.3 Å². The average Bonchev–Trinajstić information content (AvgIpc) is 2.86. The van der Waals surface area contributed by atoms with Gasteiger partial charge >= 0.3 is 0 Å². The van der Waals surface area contributed by atoms with Gasteiger partial charge in [0.15, 0.2) is 0 Å². The number of aryl methyl sites for hydroxylation is 1. The van der Waals surface area contributed by atoms with Crippen molar-refractivity contribution in [1.29, 1.82) is 0 Å². The third-order valence-corrected chi connectivity index (χ3v) is 4.43. The molecule has 0 aliphatic rings. The number of amides is 1. The van der Waals surface area contributed by atoms with Crippen LogP contribution >= 0.6 is 0 Å². The molecule has 2 aromatic rings. The van der Waals surface area contributed by atoms with Crippen molar-refractivity contribution in [2.75, 3.05) is 5.75 Å². The molecule has 0 fully saturated rings. The summed E-state index contributed by atoms with van der Waals surface area (Å²) in [7, 11) is -1.37. The third-order valence-electron chi connectivity index (χ3n) is 3.00. The van der Waals surface area contributed by atoms with E-state index in [0.717, 1.165) is 5.56 Å². The van der Waals surface area contributed by atoms with Crippen LogP contribution in [0.15, 0.2) is 52.0 Å². The van der Waals surface area contributed by atoms with E-state index in [2.05, 4.69) is 5.32 Å². The Morgan fingerprint density at radius 1 is 1.30 bits per heavy atom. The largest absolute Gasteiger partial charge is 0.468 e. The highest BCUT2D eigenvalue weighted by Gasteiger charge is 2.16. The first-order chi connectivity index (χ1) is 9.58. The van der Waals surface area contributed by atoms with Crippen molar-refractivity contribution in [3.63, 3.8) is 0 Å². The molecule has 5 heteroatoms. The number of benzene rings is 1. The smallest absolute Gasteiger partial charge is 0.233 e. The van der Waals surface area contributed by atoms with Crippen molar-refractivity contribution >= 4 is 16.7 Å². The Morgan fingerprint density at radius 2 is 2.00 bits per heavy atom. The van der Waals surface area contributed by atoms with E-state index in [0.29, 0.717) is 10.7 Å². The zero-order chi connectivity index (χ0) is 14.5. The van der Waals surface area contributed by atoms with E-state index in [9.17, 15) is 9.00 Å². The molecular weight excluding hydrogens is 274 g/mol. The molecule has 0 spiro atoms. The third kappa shape index (κ3) is 3.57. The van der Waals surface area contributed by atoms with E-state index in [1.807, 2.05) is 37.3 Å². The first-order valence-electron chi connectivity index (χ1n) is 6.34. The van der Waals surface area contributed by atoms with E-state index in [-0.39, 0.29) is 17.7 Å². The van der Waals surface area contributed by atoms with Crippen molar-refractivity contribution in [2.24, 2.45) is 0 Å². The molecule has 2 rings (SSSR count). The lowest BCUT2D eigenvalue weighted by Crippen LogP contribution is -2.30. The lowest BCUT2D eigenvalue weighted by Gasteiger charge is -2.13. The fraction of sp³-hybridized carbons (Fsp3) is 0.267. The zero-order valence-corrected chi connectivity index (χ0v) is 12.3. The van der Waals surface area contributed by atoms with Crippen molar-refractivity contribution in [3.8, 4) is 0 Å². The highest BCUT2D eigenvalue weighted by molar-refractivity contribution is 7.85. The van der Waals surface area contributed by atoms with Gasteiger partial charge in [-0.05, 0) is 25.5 Å². The van der Waals surface area contributed by atoms with Crippen LogP contribution in [0.25, 0.3) is 0 Å². The van der Waals surface area contributed by atoms with Crippen LogP contribution in [0.3, 0.4) is 0 Å². The van der Waals surface area contributed by atoms with Crippen molar-refractivity contribution in [3.05, 3.63) is 54.0 Å². The molecule has 1 aromatic carbocycles. The molecule has 0 aliphatic heterocycles. The van der Waals surface area contributed by atoms with E-state index < -0.39 is 10.8 Å². The number of rotatable bonds is 5. The Kier molecular flexibility index (Phi) is 4.74. The SMILES string of the molecule is Cc1occc1[S@@](=O)CC(=O)N[C@H](C)c1ccccc1. The lowest BCUT2D eigenvalue weighted by atomic mass is 10.1. The number of hydrogen-bond acceptors (Lipinski definition) is 3. The summed E-state index contributed by atoms with van der Waals surface area (Å²) in [6.07, 6.45) is 1.48. The first kappa shape index (κ1) is 14.5. The second-order valence-corrected chi connectivity index (χ2v) is 5.95. The summed E-state index contributed by atoms with van der Waals surface area (Å²) in [4.78, 5) is 12.5. The molecule has 106 valence electrons. The molecule has 0 saturated carbocycles. The second-order valence-electron chi connectivity index (χ2n) is 4.53. The summed E-state index contributed by atoms with van der Waals surface area (Å²) in [5, 5.41) is 2.85. The van der Waals surface area contributed by atoms with Crippen LogP contribution in [0.5, 0.6) is 0 Å². The van der Waals surface area contributed by atoms with Gasteiger partial charge in [0, 0.05) is 0 Å². The summed E-state index contributed by atoms with van der Waals surface area (Å²) in [6, 6.07) is 11.2.